The number of benzene rings is 1. The van der Waals surface area contributed by atoms with Crippen LogP contribution in [-0.2, 0) is 15.8 Å². The molecule has 7 heteroatoms. The summed E-state index contributed by atoms with van der Waals surface area (Å²) in [6, 6.07) is 5.82. The van der Waals surface area contributed by atoms with Crippen molar-refractivity contribution < 1.29 is 13.3 Å². The van der Waals surface area contributed by atoms with Crippen LogP contribution in [0.4, 0.5) is 5.69 Å². The molecule has 1 fully saturated rings. The number of nitrogens with zero attached hydrogens (tertiary/aromatic N) is 2. The topological polar surface area (TPSA) is 80.5 Å². The van der Waals surface area contributed by atoms with Crippen molar-refractivity contribution in [2.24, 2.45) is 5.41 Å². The molecule has 2 rings (SSSR count). The molecule has 0 atom stereocenters. The van der Waals surface area contributed by atoms with Gasteiger partial charge in [0.1, 0.15) is 0 Å². The Balaban J connectivity index is 2.17. The lowest BCUT2D eigenvalue weighted by Gasteiger charge is -2.37. The molecule has 1 aliphatic rings. The summed E-state index contributed by atoms with van der Waals surface area (Å²) in [5, 5.41) is 10.8. The van der Waals surface area contributed by atoms with Crippen molar-refractivity contribution in [1.82, 2.24) is 4.31 Å². The first-order valence-electron chi connectivity index (χ1n) is 6.91. The van der Waals surface area contributed by atoms with E-state index in [1.165, 1.54) is 22.5 Å². The lowest BCUT2D eigenvalue weighted by molar-refractivity contribution is -0.384. The third-order valence-electron chi connectivity index (χ3n) is 3.73. The van der Waals surface area contributed by atoms with Crippen LogP contribution in [0.1, 0.15) is 32.3 Å². The summed E-state index contributed by atoms with van der Waals surface area (Å²) in [6.45, 7) is 5.15. The van der Waals surface area contributed by atoms with Gasteiger partial charge in [-0.15, -0.1) is 0 Å². The van der Waals surface area contributed by atoms with Gasteiger partial charge in [-0.3, -0.25) is 10.1 Å². The van der Waals surface area contributed by atoms with Gasteiger partial charge in [0.15, 0.2) is 0 Å². The molecule has 21 heavy (non-hydrogen) atoms. The largest absolute Gasteiger partial charge is 0.269 e. The van der Waals surface area contributed by atoms with E-state index in [0.717, 1.165) is 12.8 Å². The summed E-state index contributed by atoms with van der Waals surface area (Å²) in [6.07, 6.45) is 1.86. The molecule has 0 bridgehead atoms. The fourth-order valence-electron chi connectivity index (χ4n) is 2.67. The maximum atomic E-state index is 12.5. The molecule has 0 saturated carbocycles. The van der Waals surface area contributed by atoms with Crippen molar-refractivity contribution in [3.8, 4) is 0 Å². The van der Waals surface area contributed by atoms with E-state index >= 15 is 0 Å². The number of piperidine rings is 1. The van der Waals surface area contributed by atoms with E-state index in [-0.39, 0.29) is 16.9 Å². The molecular formula is C14H20N2O4S. The third-order valence-corrected chi connectivity index (χ3v) is 5.53. The molecule has 1 heterocycles. The number of rotatable bonds is 4. The second kappa shape index (κ2) is 5.73. The van der Waals surface area contributed by atoms with E-state index in [4.69, 9.17) is 0 Å². The molecule has 0 amide bonds. The van der Waals surface area contributed by atoms with Gasteiger partial charge in [-0.25, -0.2) is 12.7 Å². The molecule has 0 N–H and O–H groups in total. The highest BCUT2D eigenvalue weighted by Gasteiger charge is 2.33. The van der Waals surface area contributed by atoms with Gasteiger partial charge in [0.2, 0.25) is 10.0 Å². The van der Waals surface area contributed by atoms with Crippen LogP contribution in [0.5, 0.6) is 0 Å². The molecule has 1 aromatic carbocycles. The molecule has 0 aromatic heterocycles. The van der Waals surface area contributed by atoms with Gasteiger partial charge < -0.3 is 0 Å². The van der Waals surface area contributed by atoms with E-state index in [2.05, 4.69) is 13.8 Å². The van der Waals surface area contributed by atoms with E-state index in [9.17, 15) is 18.5 Å². The highest BCUT2D eigenvalue weighted by atomic mass is 32.2. The minimum Gasteiger partial charge on any atom is -0.258 e. The van der Waals surface area contributed by atoms with E-state index in [1.807, 2.05) is 0 Å². The van der Waals surface area contributed by atoms with Crippen molar-refractivity contribution >= 4 is 15.7 Å². The monoisotopic (exact) mass is 312 g/mol. The predicted octanol–water partition coefficient (Wildman–Crippen LogP) is 2.55. The van der Waals surface area contributed by atoms with Crippen LogP contribution in [0.15, 0.2) is 24.3 Å². The molecular weight excluding hydrogens is 292 g/mol. The fraction of sp³-hybridized carbons (Fsp3) is 0.571. The van der Waals surface area contributed by atoms with Crippen LogP contribution < -0.4 is 0 Å². The number of sulfonamides is 1. The number of nitro groups is 1. The average Bonchev–Trinajstić information content (AvgIpc) is 2.37. The Labute approximate surface area is 125 Å². The second-order valence-electron chi connectivity index (χ2n) is 6.28. The molecule has 1 aromatic rings. The van der Waals surface area contributed by atoms with Crippen molar-refractivity contribution in [2.75, 3.05) is 13.1 Å². The summed E-state index contributed by atoms with van der Waals surface area (Å²) in [7, 11) is -3.44. The van der Waals surface area contributed by atoms with Crippen molar-refractivity contribution in [3.63, 3.8) is 0 Å². The van der Waals surface area contributed by atoms with Crippen molar-refractivity contribution in [2.45, 2.75) is 32.4 Å². The van der Waals surface area contributed by atoms with Gasteiger partial charge in [-0.05, 0) is 23.8 Å². The van der Waals surface area contributed by atoms with Gasteiger partial charge in [-0.2, -0.15) is 0 Å². The Morgan fingerprint density at radius 1 is 1.38 bits per heavy atom. The molecule has 116 valence electrons. The lowest BCUT2D eigenvalue weighted by Crippen LogP contribution is -2.43. The summed E-state index contributed by atoms with van der Waals surface area (Å²) >= 11 is 0. The van der Waals surface area contributed by atoms with E-state index < -0.39 is 14.9 Å². The van der Waals surface area contributed by atoms with Crippen molar-refractivity contribution in [3.05, 3.63) is 39.9 Å². The fourth-order valence-corrected chi connectivity index (χ4v) is 4.41. The summed E-state index contributed by atoms with van der Waals surface area (Å²) in [5.74, 6) is -0.190. The SMILES string of the molecule is CC1(C)CCCN(S(=O)(=O)Cc2cccc([N+](=O)[O-])c2)C1. The lowest BCUT2D eigenvalue weighted by atomic mass is 9.85. The quantitative estimate of drug-likeness (QED) is 0.632. The summed E-state index contributed by atoms with van der Waals surface area (Å²) < 4.78 is 26.5. The predicted molar refractivity (Wildman–Crippen MR) is 80.3 cm³/mol. The normalized spacial score (nSPS) is 19.3. The van der Waals surface area contributed by atoms with Crippen molar-refractivity contribution in [1.29, 1.82) is 0 Å². The van der Waals surface area contributed by atoms with Gasteiger partial charge in [0.05, 0.1) is 10.7 Å². The highest BCUT2D eigenvalue weighted by Crippen LogP contribution is 2.30. The zero-order chi connectivity index (χ0) is 15.7. The minimum atomic E-state index is -3.44. The molecule has 0 spiro atoms. The average molecular weight is 312 g/mol. The van der Waals surface area contributed by atoms with Crippen LogP contribution >= 0.6 is 0 Å². The zero-order valence-corrected chi connectivity index (χ0v) is 13.1. The smallest absolute Gasteiger partial charge is 0.258 e. The van der Waals surface area contributed by atoms with Gasteiger partial charge >= 0.3 is 0 Å². The number of non-ortho nitro benzene ring substituents is 1. The molecule has 1 saturated heterocycles. The summed E-state index contributed by atoms with van der Waals surface area (Å²) in [5.41, 5.74) is 0.350. The molecule has 6 nitrogen and oxygen atoms in total. The first kappa shape index (κ1) is 15.9. The Morgan fingerprint density at radius 3 is 2.71 bits per heavy atom. The van der Waals surface area contributed by atoms with Crippen LogP contribution in [-0.4, -0.2) is 30.7 Å². The van der Waals surface area contributed by atoms with Gasteiger partial charge in [0.25, 0.3) is 5.69 Å². The maximum Gasteiger partial charge on any atom is 0.269 e. The second-order valence-corrected chi connectivity index (χ2v) is 8.25. The Bertz CT molecular complexity index is 640. The Morgan fingerprint density at radius 2 is 2.10 bits per heavy atom. The van der Waals surface area contributed by atoms with Crippen LogP contribution in [0.25, 0.3) is 0 Å². The highest BCUT2D eigenvalue weighted by molar-refractivity contribution is 7.88. The number of hydrogen-bond acceptors (Lipinski definition) is 4. The molecule has 0 radical (unpaired) electrons. The molecule has 0 aliphatic carbocycles. The van der Waals surface area contributed by atoms with E-state index in [0.29, 0.717) is 18.7 Å². The Kier molecular flexibility index (Phi) is 4.34. The standard InChI is InChI=1S/C14H20N2O4S/c1-14(2)7-4-8-15(11-14)21(19,20)10-12-5-3-6-13(9-12)16(17)18/h3,5-6,9H,4,7-8,10-11H2,1-2H3. The Hall–Kier alpha value is -1.47. The van der Waals surface area contributed by atoms with E-state index in [1.54, 1.807) is 6.07 Å². The van der Waals surface area contributed by atoms with Crippen LogP contribution in [0.2, 0.25) is 0 Å². The van der Waals surface area contributed by atoms with Crippen LogP contribution in [0.3, 0.4) is 0 Å². The zero-order valence-electron chi connectivity index (χ0n) is 12.3. The third kappa shape index (κ3) is 4.01. The maximum absolute atomic E-state index is 12.5. The van der Waals surface area contributed by atoms with Gasteiger partial charge in [0, 0.05) is 25.2 Å². The number of nitro benzene ring substituents is 1. The first-order chi connectivity index (χ1) is 9.70. The first-order valence-corrected chi connectivity index (χ1v) is 8.52. The molecule has 1 aliphatic heterocycles. The van der Waals surface area contributed by atoms with Gasteiger partial charge in [-0.1, -0.05) is 26.0 Å². The minimum absolute atomic E-state index is 0.0198. The van der Waals surface area contributed by atoms with Crippen LogP contribution in [0, 0.1) is 15.5 Å². The number of hydrogen-bond donors (Lipinski definition) is 0. The summed E-state index contributed by atoms with van der Waals surface area (Å²) in [4.78, 5) is 10.2. The molecule has 0 unspecified atom stereocenters.